The lowest BCUT2D eigenvalue weighted by Gasteiger charge is -2.36. The zero-order valence-electron chi connectivity index (χ0n) is 16.5. The molecule has 0 aromatic heterocycles. The van der Waals surface area contributed by atoms with Crippen LogP contribution < -0.4 is 14.4 Å². The lowest BCUT2D eigenvalue weighted by molar-refractivity contribution is -0.137. The lowest BCUT2D eigenvalue weighted by Crippen LogP contribution is -2.48. The molecule has 0 aliphatic carbocycles. The summed E-state index contributed by atoms with van der Waals surface area (Å²) in [7, 11) is 2.99. The molecular formula is C21H20F3N3O3. The molecule has 2 aromatic carbocycles. The van der Waals surface area contributed by atoms with E-state index in [9.17, 15) is 18.0 Å². The number of methoxy groups -OCH3 is 2. The first kappa shape index (κ1) is 21.3. The summed E-state index contributed by atoms with van der Waals surface area (Å²) in [6.07, 6.45) is -4.60. The molecule has 0 atom stereocenters. The molecule has 2 aromatic rings. The molecular weight excluding hydrogens is 399 g/mol. The van der Waals surface area contributed by atoms with Crippen molar-refractivity contribution in [2.24, 2.45) is 0 Å². The second kappa shape index (κ2) is 8.53. The van der Waals surface area contributed by atoms with Gasteiger partial charge in [-0.05, 0) is 36.4 Å². The molecule has 0 spiro atoms. The molecule has 9 heteroatoms. The van der Waals surface area contributed by atoms with Gasteiger partial charge in [0, 0.05) is 37.4 Å². The van der Waals surface area contributed by atoms with Gasteiger partial charge in [0.15, 0.2) is 11.5 Å². The molecule has 0 saturated carbocycles. The van der Waals surface area contributed by atoms with Crippen molar-refractivity contribution in [2.45, 2.75) is 6.18 Å². The zero-order valence-corrected chi connectivity index (χ0v) is 16.5. The normalized spacial score (nSPS) is 14.3. The Morgan fingerprint density at radius 1 is 1.00 bits per heavy atom. The first-order valence-electron chi connectivity index (χ1n) is 9.16. The fourth-order valence-electron chi connectivity index (χ4n) is 3.38. The zero-order chi connectivity index (χ0) is 21.9. The summed E-state index contributed by atoms with van der Waals surface area (Å²) < 4.78 is 50.0. The van der Waals surface area contributed by atoms with Gasteiger partial charge < -0.3 is 19.3 Å². The summed E-state index contributed by atoms with van der Waals surface area (Å²) in [5.41, 5.74) is -0.543. The third kappa shape index (κ3) is 4.27. The van der Waals surface area contributed by atoms with Crippen LogP contribution in [0.25, 0.3) is 0 Å². The Balaban J connectivity index is 1.72. The molecule has 1 amide bonds. The molecule has 1 saturated heterocycles. The number of ether oxygens (including phenoxy) is 2. The molecule has 3 rings (SSSR count). The molecule has 1 aliphatic heterocycles. The van der Waals surface area contributed by atoms with Gasteiger partial charge in [0.1, 0.15) is 0 Å². The van der Waals surface area contributed by atoms with Crippen LogP contribution >= 0.6 is 0 Å². The van der Waals surface area contributed by atoms with E-state index >= 15 is 0 Å². The molecule has 1 heterocycles. The highest BCUT2D eigenvalue weighted by molar-refractivity contribution is 5.95. The molecule has 0 radical (unpaired) electrons. The Morgan fingerprint density at radius 3 is 2.23 bits per heavy atom. The van der Waals surface area contributed by atoms with Gasteiger partial charge in [-0.3, -0.25) is 4.79 Å². The van der Waals surface area contributed by atoms with Gasteiger partial charge in [0.25, 0.3) is 5.91 Å². The van der Waals surface area contributed by atoms with Crippen molar-refractivity contribution < 1.29 is 27.4 Å². The number of benzene rings is 2. The van der Waals surface area contributed by atoms with E-state index in [-0.39, 0.29) is 5.91 Å². The van der Waals surface area contributed by atoms with Crippen LogP contribution in [0.1, 0.15) is 21.5 Å². The average molecular weight is 419 g/mol. The van der Waals surface area contributed by atoms with Crippen molar-refractivity contribution >= 4 is 11.6 Å². The van der Waals surface area contributed by atoms with Crippen LogP contribution in [-0.2, 0) is 6.18 Å². The molecule has 1 aliphatic rings. The first-order chi connectivity index (χ1) is 14.3. The predicted molar refractivity (Wildman–Crippen MR) is 104 cm³/mol. The van der Waals surface area contributed by atoms with Crippen molar-refractivity contribution in [1.82, 2.24) is 4.90 Å². The SMILES string of the molecule is COc1ccc(C(=O)N2CCN(c3ccc(C#N)c(C(F)(F)F)c3)CC2)cc1OC. The standard InChI is InChI=1S/C21H20F3N3O3/c1-29-18-6-4-14(11-19(18)30-2)20(28)27-9-7-26(8-10-27)16-5-3-15(13-25)17(12-16)21(22,23)24/h3-6,11-12H,7-10H2,1-2H3. The predicted octanol–water partition coefficient (Wildman–Crippen LogP) is 3.56. The van der Waals surface area contributed by atoms with E-state index in [0.717, 1.165) is 6.07 Å². The van der Waals surface area contributed by atoms with Crippen molar-refractivity contribution in [3.05, 3.63) is 53.1 Å². The fourth-order valence-corrected chi connectivity index (χ4v) is 3.38. The second-order valence-corrected chi connectivity index (χ2v) is 6.69. The highest BCUT2D eigenvalue weighted by atomic mass is 19.4. The summed E-state index contributed by atoms with van der Waals surface area (Å²) in [5.74, 6) is 0.769. The van der Waals surface area contributed by atoms with E-state index in [1.54, 1.807) is 34.1 Å². The summed E-state index contributed by atoms with van der Waals surface area (Å²) in [4.78, 5) is 16.2. The molecule has 0 unspecified atom stereocenters. The first-order valence-corrected chi connectivity index (χ1v) is 9.16. The highest BCUT2D eigenvalue weighted by Gasteiger charge is 2.34. The largest absolute Gasteiger partial charge is 0.493 e. The summed E-state index contributed by atoms with van der Waals surface area (Å²) >= 11 is 0. The minimum Gasteiger partial charge on any atom is -0.493 e. The van der Waals surface area contributed by atoms with Crippen LogP contribution in [0.5, 0.6) is 11.5 Å². The van der Waals surface area contributed by atoms with Gasteiger partial charge in [0.05, 0.1) is 31.4 Å². The smallest absolute Gasteiger partial charge is 0.417 e. The third-order valence-electron chi connectivity index (χ3n) is 4.99. The van der Waals surface area contributed by atoms with E-state index in [0.29, 0.717) is 48.9 Å². The quantitative estimate of drug-likeness (QED) is 0.758. The Bertz CT molecular complexity index is 978. The number of nitriles is 1. The van der Waals surface area contributed by atoms with Crippen molar-refractivity contribution in [1.29, 1.82) is 5.26 Å². The molecule has 158 valence electrons. The molecule has 0 bridgehead atoms. The Hall–Kier alpha value is -3.41. The van der Waals surface area contributed by atoms with Crippen molar-refractivity contribution in [3.63, 3.8) is 0 Å². The van der Waals surface area contributed by atoms with Gasteiger partial charge in [-0.2, -0.15) is 18.4 Å². The topological polar surface area (TPSA) is 65.8 Å². The monoisotopic (exact) mass is 419 g/mol. The summed E-state index contributed by atoms with van der Waals surface area (Å²) in [6, 6.07) is 10.1. The maximum Gasteiger partial charge on any atom is 0.417 e. The van der Waals surface area contributed by atoms with Crippen LogP contribution in [0.3, 0.4) is 0 Å². The fraction of sp³-hybridized carbons (Fsp3) is 0.333. The van der Waals surface area contributed by atoms with Crippen molar-refractivity contribution in [2.75, 3.05) is 45.3 Å². The van der Waals surface area contributed by atoms with Crippen LogP contribution in [0, 0.1) is 11.3 Å². The Labute approximate surface area is 172 Å². The number of nitrogens with zero attached hydrogens (tertiary/aromatic N) is 3. The minimum absolute atomic E-state index is 0.189. The Kier molecular flexibility index (Phi) is 6.06. The molecule has 1 fully saturated rings. The number of anilines is 1. The number of carbonyl (C=O) groups is 1. The number of rotatable bonds is 4. The average Bonchev–Trinajstić information content (AvgIpc) is 2.77. The molecule has 0 N–H and O–H groups in total. The summed E-state index contributed by atoms with van der Waals surface area (Å²) in [6.45, 7) is 1.47. The molecule has 6 nitrogen and oxygen atoms in total. The number of hydrogen-bond donors (Lipinski definition) is 0. The second-order valence-electron chi connectivity index (χ2n) is 6.69. The minimum atomic E-state index is -4.60. The van der Waals surface area contributed by atoms with E-state index in [1.807, 2.05) is 0 Å². The summed E-state index contributed by atoms with van der Waals surface area (Å²) in [5, 5.41) is 8.93. The van der Waals surface area contributed by atoms with Crippen LogP contribution in [0.2, 0.25) is 0 Å². The van der Waals surface area contributed by atoms with Gasteiger partial charge in [-0.1, -0.05) is 0 Å². The maximum atomic E-state index is 13.2. The van der Waals surface area contributed by atoms with Crippen molar-refractivity contribution in [3.8, 4) is 17.6 Å². The highest BCUT2D eigenvalue weighted by Crippen LogP contribution is 2.35. The number of hydrogen-bond acceptors (Lipinski definition) is 5. The number of alkyl halides is 3. The van der Waals surface area contributed by atoms with Crippen LogP contribution in [-0.4, -0.2) is 51.2 Å². The number of halogens is 3. The third-order valence-corrected chi connectivity index (χ3v) is 4.99. The van der Waals surface area contributed by atoms with Gasteiger partial charge in [0.2, 0.25) is 0 Å². The van der Waals surface area contributed by atoms with E-state index in [2.05, 4.69) is 0 Å². The number of carbonyl (C=O) groups excluding carboxylic acids is 1. The Morgan fingerprint density at radius 2 is 1.67 bits per heavy atom. The maximum absolute atomic E-state index is 13.2. The number of piperazine rings is 1. The van der Waals surface area contributed by atoms with Crippen LogP contribution in [0.4, 0.5) is 18.9 Å². The van der Waals surface area contributed by atoms with Crippen LogP contribution in [0.15, 0.2) is 36.4 Å². The number of amides is 1. The van der Waals surface area contributed by atoms with Gasteiger partial charge in [-0.15, -0.1) is 0 Å². The van der Waals surface area contributed by atoms with Gasteiger partial charge in [-0.25, -0.2) is 0 Å². The lowest BCUT2D eigenvalue weighted by atomic mass is 10.1. The van der Waals surface area contributed by atoms with E-state index in [1.165, 1.54) is 26.4 Å². The van der Waals surface area contributed by atoms with E-state index in [4.69, 9.17) is 14.7 Å². The van der Waals surface area contributed by atoms with E-state index < -0.39 is 17.3 Å². The van der Waals surface area contributed by atoms with Gasteiger partial charge >= 0.3 is 6.18 Å². The molecule has 30 heavy (non-hydrogen) atoms.